The Labute approximate surface area is 259 Å². The van der Waals surface area contributed by atoms with Crippen molar-refractivity contribution in [2.24, 2.45) is 0 Å². The molecule has 9 rings (SSSR count). The third kappa shape index (κ3) is 4.27. The molecule has 0 bridgehead atoms. The van der Waals surface area contributed by atoms with E-state index in [1.165, 1.54) is 21.5 Å². The molecular formula is C41H25N3O. The van der Waals surface area contributed by atoms with Crippen molar-refractivity contribution < 1.29 is 4.42 Å². The number of hydrogen-bond acceptors (Lipinski definition) is 4. The van der Waals surface area contributed by atoms with Gasteiger partial charge in [0.25, 0.3) is 0 Å². The van der Waals surface area contributed by atoms with Crippen molar-refractivity contribution >= 4 is 43.5 Å². The summed E-state index contributed by atoms with van der Waals surface area (Å²) in [6.45, 7) is 0. The highest BCUT2D eigenvalue weighted by Crippen LogP contribution is 2.41. The first-order valence-corrected chi connectivity index (χ1v) is 15.0. The Kier molecular flexibility index (Phi) is 5.78. The van der Waals surface area contributed by atoms with E-state index in [-0.39, 0.29) is 0 Å². The van der Waals surface area contributed by atoms with Crippen LogP contribution in [0.5, 0.6) is 0 Å². The molecule has 9 aromatic rings. The summed E-state index contributed by atoms with van der Waals surface area (Å²) >= 11 is 0. The van der Waals surface area contributed by atoms with Gasteiger partial charge in [0.2, 0.25) is 0 Å². The summed E-state index contributed by atoms with van der Waals surface area (Å²) < 4.78 is 6.64. The second-order valence-electron chi connectivity index (χ2n) is 11.2. The molecule has 0 spiro atoms. The fraction of sp³-hybridized carbons (Fsp3) is 0. The minimum absolute atomic E-state index is 0.610. The Morgan fingerprint density at radius 2 is 0.978 bits per heavy atom. The van der Waals surface area contributed by atoms with E-state index in [0.29, 0.717) is 17.5 Å². The molecule has 4 nitrogen and oxygen atoms in total. The van der Waals surface area contributed by atoms with Crippen LogP contribution in [0.2, 0.25) is 0 Å². The number of fused-ring (bicyclic) bond motifs is 6. The maximum atomic E-state index is 6.64. The molecule has 0 fully saturated rings. The minimum atomic E-state index is 0.610. The summed E-state index contributed by atoms with van der Waals surface area (Å²) in [5, 5.41) is 6.97. The standard InChI is InChI=1S/C41H25N3O/c1-3-12-27(13-4-1)39-42-40(28-14-5-2-6-15-28)44-41(43-39)35-19-10-20-36-37(35)34-18-9-17-33(38(34)45-36)30-23-24-32-29(25-30)22-21-26-11-7-8-16-31(26)32/h1-25H. The molecule has 0 N–H and O–H groups in total. The lowest BCUT2D eigenvalue weighted by Crippen LogP contribution is -2.00. The van der Waals surface area contributed by atoms with E-state index in [4.69, 9.17) is 19.4 Å². The molecule has 2 aromatic heterocycles. The average Bonchev–Trinajstić information content (AvgIpc) is 3.51. The zero-order valence-electron chi connectivity index (χ0n) is 24.2. The number of rotatable bonds is 4. The lowest BCUT2D eigenvalue weighted by molar-refractivity contribution is 0.670. The van der Waals surface area contributed by atoms with Gasteiger partial charge in [0.15, 0.2) is 17.5 Å². The normalized spacial score (nSPS) is 11.6. The van der Waals surface area contributed by atoms with Gasteiger partial charge in [-0.2, -0.15) is 0 Å². The lowest BCUT2D eigenvalue weighted by Gasteiger charge is -2.09. The van der Waals surface area contributed by atoms with Gasteiger partial charge >= 0.3 is 0 Å². The molecule has 0 saturated carbocycles. The summed E-state index contributed by atoms with van der Waals surface area (Å²) in [7, 11) is 0. The number of para-hydroxylation sites is 1. The van der Waals surface area contributed by atoms with E-state index in [1.807, 2.05) is 72.8 Å². The van der Waals surface area contributed by atoms with Crippen molar-refractivity contribution in [3.63, 3.8) is 0 Å². The number of hydrogen-bond donors (Lipinski definition) is 0. The van der Waals surface area contributed by atoms with Crippen LogP contribution in [0.1, 0.15) is 0 Å². The fourth-order valence-electron chi connectivity index (χ4n) is 6.37. The first kappa shape index (κ1) is 25.4. The van der Waals surface area contributed by atoms with Crippen LogP contribution in [0.4, 0.5) is 0 Å². The molecule has 0 aliphatic rings. The van der Waals surface area contributed by atoms with Crippen LogP contribution in [-0.2, 0) is 0 Å². The molecule has 0 unspecified atom stereocenters. The van der Waals surface area contributed by atoms with Crippen molar-refractivity contribution in [3.8, 4) is 45.3 Å². The molecular weight excluding hydrogens is 550 g/mol. The van der Waals surface area contributed by atoms with E-state index in [0.717, 1.165) is 49.8 Å². The van der Waals surface area contributed by atoms with E-state index >= 15 is 0 Å². The molecule has 0 atom stereocenters. The maximum Gasteiger partial charge on any atom is 0.164 e. The number of aromatic nitrogens is 3. The summed E-state index contributed by atoms with van der Waals surface area (Å²) in [6, 6.07) is 52.2. The first-order chi connectivity index (χ1) is 22.3. The monoisotopic (exact) mass is 575 g/mol. The second-order valence-corrected chi connectivity index (χ2v) is 11.2. The van der Waals surface area contributed by atoms with E-state index in [9.17, 15) is 0 Å². The number of furan rings is 1. The Morgan fingerprint density at radius 1 is 0.378 bits per heavy atom. The van der Waals surface area contributed by atoms with Crippen LogP contribution < -0.4 is 0 Å². The van der Waals surface area contributed by atoms with Gasteiger partial charge in [-0.15, -0.1) is 0 Å². The van der Waals surface area contributed by atoms with Crippen molar-refractivity contribution in [3.05, 3.63) is 152 Å². The maximum absolute atomic E-state index is 6.64. The molecule has 0 aliphatic heterocycles. The van der Waals surface area contributed by atoms with Gasteiger partial charge in [-0.05, 0) is 39.2 Å². The molecule has 0 radical (unpaired) electrons. The molecule has 210 valence electrons. The van der Waals surface area contributed by atoms with E-state index < -0.39 is 0 Å². The third-order valence-corrected chi connectivity index (χ3v) is 8.52. The van der Waals surface area contributed by atoms with Crippen LogP contribution >= 0.6 is 0 Å². The summed E-state index contributed by atoms with van der Waals surface area (Å²) in [5.41, 5.74) is 6.59. The smallest absolute Gasteiger partial charge is 0.164 e. The topological polar surface area (TPSA) is 51.8 Å². The predicted molar refractivity (Wildman–Crippen MR) is 184 cm³/mol. The van der Waals surface area contributed by atoms with Crippen LogP contribution in [0.25, 0.3) is 88.8 Å². The Balaban J connectivity index is 1.25. The molecule has 0 saturated heterocycles. The quantitative estimate of drug-likeness (QED) is 0.196. The highest BCUT2D eigenvalue weighted by Gasteiger charge is 2.19. The van der Waals surface area contributed by atoms with Crippen molar-refractivity contribution in [1.29, 1.82) is 0 Å². The second kappa shape index (κ2) is 10.2. The SMILES string of the molecule is c1ccc(-c2nc(-c3ccccc3)nc(-c3cccc4oc5c(-c6ccc7c(ccc8ccccc87)c6)cccc5c34)n2)cc1. The lowest BCUT2D eigenvalue weighted by atomic mass is 9.96. The Morgan fingerprint density at radius 3 is 1.76 bits per heavy atom. The van der Waals surface area contributed by atoms with Crippen molar-refractivity contribution in [1.82, 2.24) is 15.0 Å². The fourth-order valence-corrected chi connectivity index (χ4v) is 6.37. The summed E-state index contributed by atoms with van der Waals surface area (Å²) in [4.78, 5) is 14.9. The van der Waals surface area contributed by atoms with Crippen LogP contribution in [0.15, 0.2) is 156 Å². The van der Waals surface area contributed by atoms with Crippen molar-refractivity contribution in [2.45, 2.75) is 0 Å². The molecule has 7 aromatic carbocycles. The molecule has 4 heteroatoms. The van der Waals surface area contributed by atoms with Crippen LogP contribution in [-0.4, -0.2) is 15.0 Å². The summed E-state index contributed by atoms with van der Waals surface area (Å²) in [6.07, 6.45) is 0. The Bertz CT molecular complexity index is 2480. The average molecular weight is 576 g/mol. The van der Waals surface area contributed by atoms with Gasteiger partial charge in [-0.25, -0.2) is 15.0 Å². The minimum Gasteiger partial charge on any atom is -0.455 e. The number of nitrogens with zero attached hydrogens (tertiary/aromatic N) is 3. The highest BCUT2D eigenvalue weighted by molar-refractivity contribution is 6.15. The van der Waals surface area contributed by atoms with E-state index in [2.05, 4.69) is 78.9 Å². The van der Waals surface area contributed by atoms with Gasteiger partial charge in [-0.3, -0.25) is 0 Å². The zero-order valence-corrected chi connectivity index (χ0v) is 24.2. The van der Waals surface area contributed by atoms with Crippen LogP contribution in [0, 0.1) is 0 Å². The van der Waals surface area contributed by atoms with Gasteiger partial charge in [0.1, 0.15) is 11.2 Å². The largest absolute Gasteiger partial charge is 0.455 e. The summed E-state index contributed by atoms with van der Waals surface area (Å²) in [5.74, 6) is 1.88. The van der Waals surface area contributed by atoms with E-state index in [1.54, 1.807) is 0 Å². The van der Waals surface area contributed by atoms with Gasteiger partial charge < -0.3 is 4.42 Å². The molecule has 2 heterocycles. The van der Waals surface area contributed by atoms with Gasteiger partial charge in [0.05, 0.1) is 0 Å². The van der Waals surface area contributed by atoms with Crippen LogP contribution in [0.3, 0.4) is 0 Å². The van der Waals surface area contributed by atoms with Gasteiger partial charge in [-0.1, -0.05) is 140 Å². The molecule has 0 amide bonds. The zero-order chi connectivity index (χ0) is 29.7. The Hall–Kier alpha value is -6.13. The first-order valence-electron chi connectivity index (χ1n) is 15.0. The molecule has 45 heavy (non-hydrogen) atoms. The van der Waals surface area contributed by atoms with Gasteiger partial charge in [0, 0.05) is 33.0 Å². The predicted octanol–water partition coefficient (Wildman–Crippen LogP) is 10.7. The third-order valence-electron chi connectivity index (χ3n) is 8.52. The highest BCUT2D eigenvalue weighted by atomic mass is 16.3. The molecule has 0 aliphatic carbocycles. The van der Waals surface area contributed by atoms with Crippen molar-refractivity contribution in [2.75, 3.05) is 0 Å². The number of benzene rings is 7.